The summed E-state index contributed by atoms with van der Waals surface area (Å²) in [7, 11) is 0. The second-order valence-corrected chi connectivity index (χ2v) is 8.84. The number of halogens is 3. The molecule has 9 heteroatoms. The van der Waals surface area contributed by atoms with Crippen molar-refractivity contribution >= 4 is 22.6 Å². The van der Waals surface area contributed by atoms with Gasteiger partial charge in [-0.3, -0.25) is 9.59 Å². The first kappa shape index (κ1) is 23.8. The lowest BCUT2D eigenvalue weighted by Gasteiger charge is -2.32. The molecular weight excluding hydrogens is 447 g/mol. The number of rotatable bonds is 6. The number of piperidine rings is 1. The first-order valence-electron chi connectivity index (χ1n) is 11.2. The number of hydrogen-bond donors (Lipinski definition) is 0. The molecule has 0 spiro atoms. The molecule has 180 valence electrons. The Balaban J connectivity index is 1.39. The third-order valence-electron chi connectivity index (χ3n) is 6.02. The number of fused-ring (bicyclic) bond motifs is 1. The van der Waals surface area contributed by atoms with Crippen LogP contribution in [0.5, 0.6) is 5.75 Å². The second-order valence-electron chi connectivity index (χ2n) is 8.84. The molecule has 3 aromatic rings. The van der Waals surface area contributed by atoms with E-state index >= 15 is 0 Å². The standard InChI is InChI=1S/C25H26F3N3O3/c1-16(2)22(32)14-17-3-5-21-18(13-17)7-12-31(21)23-6-4-20(15-29-23)34-19-8-10-30(11-9-19)24(33)25(26,27)28/h3-7,12-13,15-16,19H,8-11,14H2,1-2H3. The van der Waals surface area contributed by atoms with Gasteiger partial charge in [-0.15, -0.1) is 0 Å². The summed E-state index contributed by atoms with van der Waals surface area (Å²) in [5, 5.41) is 1.01. The molecule has 0 radical (unpaired) electrons. The molecule has 0 aliphatic carbocycles. The lowest BCUT2D eigenvalue weighted by molar-refractivity contribution is -0.187. The summed E-state index contributed by atoms with van der Waals surface area (Å²) in [6.45, 7) is 3.81. The van der Waals surface area contributed by atoms with Crippen LogP contribution in [0.2, 0.25) is 0 Å². The highest BCUT2D eigenvalue weighted by Gasteiger charge is 2.43. The van der Waals surface area contributed by atoms with E-state index in [0.29, 0.717) is 30.8 Å². The van der Waals surface area contributed by atoms with Gasteiger partial charge in [-0.25, -0.2) is 4.98 Å². The van der Waals surface area contributed by atoms with Crippen LogP contribution < -0.4 is 4.74 Å². The minimum Gasteiger partial charge on any atom is -0.489 e. The number of likely N-dealkylation sites (tertiary alicyclic amines) is 1. The fourth-order valence-corrected chi connectivity index (χ4v) is 4.04. The molecule has 1 saturated heterocycles. The van der Waals surface area contributed by atoms with Gasteiger partial charge in [-0.2, -0.15) is 13.2 Å². The van der Waals surface area contributed by atoms with Crippen molar-refractivity contribution in [1.29, 1.82) is 0 Å². The average Bonchev–Trinajstić information content (AvgIpc) is 3.22. The lowest BCUT2D eigenvalue weighted by Crippen LogP contribution is -2.47. The molecule has 1 aliphatic heterocycles. The van der Waals surface area contributed by atoms with Crippen LogP contribution in [0.15, 0.2) is 48.8 Å². The first-order chi connectivity index (χ1) is 16.1. The molecule has 3 heterocycles. The van der Waals surface area contributed by atoms with Crippen molar-refractivity contribution in [3.63, 3.8) is 0 Å². The maximum Gasteiger partial charge on any atom is 0.471 e. The molecule has 1 amide bonds. The number of aromatic nitrogens is 2. The van der Waals surface area contributed by atoms with Crippen LogP contribution in [-0.4, -0.2) is 51.5 Å². The zero-order valence-electron chi connectivity index (χ0n) is 19.0. The third kappa shape index (κ3) is 5.24. The van der Waals surface area contributed by atoms with Crippen LogP contribution >= 0.6 is 0 Å². The molecule has 1 fully saturated rings. The molecule has 0 unspecified atom stereocenters. The molecule has 1 aromatic carbocycles. The van der Waals surface area contributed by atoms with E-state index in [1.54, 1.807) is 12.3 Å². The van der Waals surface area contributed by atoms with Gasteiger partial charge in [-0.1, -0.05) is 19.9 Å². The number of ether oxygens (including phenoxy) is 1. The minimum absolute atomic E-state index is 0.000144. The summed E-state index contributed by atoms with van der Waals surface area (Å²) >= 11 is 0. The average molecular weight is 473 g/mol. The number of ketones is 1. The summed E-state index contributed by atoms with van der Waals surface area (Å²) in [5.74, 6) is -0.377. The zero-order valence-corrected chi connectivity index (χ0v) is 19.0. The van der Waals surface area contributed by atoms with Crippen molar-refractivity contribution in [2.24, 2.45) is 5.92 Å². The normalized spacial score (nSPS) is 15.2. The van der Waals surface area contributed by atoms with Crippen molar-refractivity contribution in [2.45, 2.75) is 45.4 Å². The molecule has 6 nitrogen and oxygen atoms in total. The molecule has 1 aliphatic rings. The van der Waals surface area contributed by atoms with Gasteiger partial charge in [0.25, 0.3) is 0 Å². The maximum absolute atomic E-state index is 12.6. The van der Waals surface area contributed by atoms with Gasteiger partial charge < -0.3 is 14.2 Å². The highest BCUT2D eigenvalue weighted by Crippen LogP contribution is 2.25. The Kier molecular flexibility index (Phi) is 6.63. The van der Waals surface area contributed by atoms with Gasteiger partial charge in [0.2, 0.25) is 0 Å². The highest BCUT2D eigenvalue weighted by atomic mass is 19.4. The van der Waals surface area contributed by atoms with E-state index in [9.17, 15) is 22.8 Å². The van der Waals surface area contributed by atoms with Gasteiger partial charge >= 0.3 is 12.1 Å². The second kappa shape index (κ2) is 9.48. The molecule has 34 heavy (non-hydrogen) atoms. The fourth-order valence-electron chi connectivity index (χ4n) is 4.04. The van der Waals surface area contributed by atoms with E-state index in [4.69, 9.17) is 4.74 Å². The molecule has 0 atom stereocenters. The number of benzene rings is 1. The fraction of sp³-hybridized carbons (Fsp3) is 0.400. The minimum atomic E-state index is -4.84. The predicted octanol–water partition coefficient (Wildman–Crippen LogP) is 4.73. The van der Waals surface area contributed by atoms with E-state index in [-0.39, 0.29) is 30.9 Å². The smallest absolute Gasteiger partial charge is 0.471 e. The van der Waals surface area contributed by atoms with E-state index in [1.165, 1.54) is 0 Å². The number of Topliss-reactive ketones (excluding diaryl/α,β-unsaturated/α-hetero) is 1. The van der Waals surface area contributed by atoms with E-state index in [1.807, 2.05) is 54.9 Å². The third-order valence-corrected chi connectivity index (χ3v) is 6.02. The van der Waals surface area contributed by atoms with Crippen LogP contribution in [0.25, 0.3) is 16.7 Å². The summed E-state index contributed by atoms with van der Waals surface area (Å²) in [4.78, 5) is 28.7. The number of nitrogens with zero attached hydrogens (tertiary/aromatic N) is 3. The molecule has 2 aromatic heterocycles. The highest BCUT2D eigenvalue weighted by molar-refractivity contribution is 5.86. The van der Waals surface area contributed by atoms with Gasteiger partial charge in [0.1, 0.15) is 23.5 Å². The Hall–Kier alpha value is -3.36. The van der Waals surface area contributed by atoms with Crippen LogP contribution in [-0.2, 0) is 16.0 Å². The lowest BCUT2D eigenvalue weighted by atomic mass is 10.0. The predicted molar refractivity (Wildman–Crippen MR) is 121 cm³/mol. The molecular formula is C25H26F3N3O3. The molecule has 0 saturated carbocycles. The number of alkyl halides is 3. The van der Waals surface area contributed by atoms with Crippen molar-refractivity contribution in [1.82, 2.24) is 14.5 Å². The van der Waals surface area contributed by atoms with Crippen LogP contribution in [0.1, 0.15) is 32.3 Å². The Morgan fingerprint density at radius 3 is 2.47 bits per heavy atom. The Morgan fingerprint density at radius 1 is 1.12 bits per heavy atom. The molecule has 4 rings (SSSR count). The van der Waals surface area contributed by atoms with E-state index < -0.39 is 12.1 Å². The van der Waals surface area contributed by atoms with Crippen molar-refractivity contribution in [3.8, 4) is 11.6 Å². The number of hydrogen-bond acceptors (Lipinski definition) is 4. The van der Waals surface area contributed by atoms with Crippen molar-refractivity contribution in [3.05, 3.63) is 54.4 Å². The van der Waals surface area contributed by atoms with Crippen molar-refractivity contribution in [2.75, 3.05) is 13.1 Å². The molecule has 0 N–H and O–H groups in total. The van der Waals surface area contributed by atoms with E-state index in [2.05, 4.69) is 4.98 Å². The van der Waals surface area contributed by atoms with Crippen molar-refractivity contribution < 1.29 is 27.5 Å². The molecule has 0 bridgehead atoms. The zero-order chi connectivity index (χ0) is 24.5. The summed E-state index contributed by atoms with van der Waals surface area (Å²) < 4.78 is 45.6. The van der Waals surface area contributed by atoms with Gasteiger partial charge in [0, 0.05) is 49.9 Å². The Morgan fingerprint density at radius 2 is 1.85 bits per heavy atom. The van der Waals surface area contributed by atoms with E-state index in [0.717, 1.165) is 21.4 Å². The quantitative estimate of drug-likeness (QED) is 0.520. The summed E-state index contributed by atoms with van der Waals surface area (Å²) in [5.41, 5.74) is 1.94. The van der Waals surface area contributed by atoms with Gasteiger partial charge in [0.15, 0.2) is 0 Å². The summed E-state index contributed by atoms with van der Waals surface area (Å²) in [6.07, 6.45) is -0.556. The van der Waals surface area contributed by atoms with Crippen LogP contribution in [0, 0.1) is 5.92 Å². The van der Waals surface area contributed by atoms with Crippen LogP contribution in [0.3, 0.4) is 0 Å². The largest absolute Gasteiger partial charge is 0.489 e. The first-order valence-corrected chi connectivity index (χ1v) is 11.2. The number of carbonyl (C=O) groups is 2. The van der Waals surface area contributed by atoms with Gasteiger partial charge in [-0.05, 0) is 35.9 Å². The Labute approximate surface area is 195 Å². The number of pyridine rings is 1. The maximum atomic E-state index is 12.6. The Bertz CT molecular complexity index is 1180. The van der Waals surface area contributed by atoms with Gasteiger partial charge in [0.05, 0.1) is 11.7 Å². The SMILES string of the molecule is CC(C)C(=O)Cc1ccc2c(ccn2-c2ccc(OC3CCN(C(=O)C(F)(F)F)CC3)cn2)c1. The number of carbonyl (C=O) groups excluding carboxylic acids is 2. The number of amides is 1. The van der Waals surface area contributed by atoms with Crippen LogP contribution in [0.4, 0.5) is 13.2 Å². The monoisotopic (exact) mass is 473 g/mol. The topological polar surface area (TPSA) is 64.4 Å². The summed E-state index contributed by atoms with van der Waals surface area (Å²) in [6, 6.07) is 11.5.